The van der Waals surface area contributed by atoms with Crippen LogP contribution in [0.5, 0.6) is 0 Å². The lowest BCUT2D eigenvalue weighted by atomic mass is 9.79. The molecule has 2 aliphatic rings. The molecular weight excluding hydrogens is 300 g/mol. The van der Waals surface area contributed by atoms with Crippen molar-refractivity contribution in [3.8, 4) is 0 Å². The van der Waals surface area contributed by atoms with Gasteiger partial charge in [0.1, 0.15) is 5.78 Å². The van der Waals surface area contributed by atoms with Gasteiger partial charge in [0.25, 0.3) is 0 Å². The molecule has 2 saturated carbocycles. The fourth-order valence-corrected chi connectivity index (χ4v) is 4.90. The molecule has 1 aromatic rings. The van der Waals surface area contributed by atoms with Crippen LogP contribution in [0.2, 0.25) is 0 Å². The van der Waals surface area contributed by atoms with E-state index in [0.29, 0.717) is 30.7 Å². The van der Waals surface area contributed by atoms with Crippen LogP contribution < -0.4 is 5.73 Å². The highest BCUT2D eigenvalue weighted by Crippen LogP contribution is 2.54. The van der Waals surface area contributed by atoms with Crippen molar-refractivity contribution in [3.05, 3.63) is 35.9 Å². The van der Waals surface area contributed by atoms with Crippen molar-refractivity contribution in [1.29, 1.82) is 0 Å². The quantitative estimate of drug-likeness (QED) is 0.837. The zero-order chi connectivity index (χ0) is 17.1. The summed E-state index contributed by atoms with van der Waals surface area (Å²) in [6.07, 6.45) is 4.29. The van der Waals surface area contributed by atoms with Crippen LogP contribution >= 0.6 is 0 Å². The molecule has 4 unspecified atom stereocenters. The molecule has 2 aliphatic carbocycles. The lowest BCUT2D eigenvalue weighted by Gasteiger charge is -2.40. The lowest BCUT2D eigenvalue weighted by Crippen LogP contribution is -2.46. The maximum Gasteiger partial charge on any atom is 0.223 e. The van der Waals surface area contributed by atoms with Gasteiger partial charge in [-0.15, -0.1) is 0 Å². The first-order valence-electron chi connectivity index (χ1n) is 9.21. The van der Waals surface area contributed by atoms with Gasteiger partial charge in [0, 0.05) is 31.3 Å². The number of ketones is 1. The molecule has 0 aliphatic heterocycles. The fraction of sp³-hybridized carbons (Fsp3) is 0.600. The van der Waals surface area contributed by atoms with E-state index in [1.807, 2.05) is 11.0 Å². The molecule has 4 heteroatoms. The molecule has 3 rings (SSSR count). The zero-order valence-corrected chi connectivity index (χ0v) is 14.5. The Labute approximate surface area is 144 Å². The van der Waals surface area contributed by atoms with Gasteiger partial charge in [0.2, 0.25) is 5.91 Å². The first-order valence-corrected chi connectivity index (χ1v) is 9.21. The largest absolute Gasteiger partial charge is 0.339 e. The number of hydrogen-bond acceptors (Lipinski definition) is 3. The Morgan fingerprint density at radius 1 is 1.12 bits per heavy atom. The Kier molecular flexibility index (Phi) is 5.34. The average Bonchev–Trinajstić information content (AvgIpc) is 3.22. The van der Waals surface area contributed by atoms with Gasteiger partial charge in [-0.3, -0.25) is 9.59 Å². The number of benzene rings is 1. The van der Waals surface area contributed by atoms with E-state index in [1.54, 1.807) is 0 Å². The number of nitrogens with zero attached hydrogens (tertiary/aromatic N) is 1. The number of fused-ring (bicyclic) bond motifs is 2. The summed E-state index contributed by atoms with van der Waals surface area (Å²) in [6.45, 7) is 2.80. The predicted octanol–water partition coefficient (Wildman–Crippen LogP) is 2.73. The minimum atomic E-state index is -0.0352. The number of rotatable bonds is 7. The van der Waals surface area contributed by atoms with Crippen molar-refractivity contribution in [2.75, 3.05) is 13.1 Å². The summed E-state index contributed by atoms with van der Waals surface area (Å²) in [6, 6.07) is 10.9. The molecule has 4 atom stereocenters. The minimum absolute atomic E-state index is 0.0279. The third kappa shape index (κ3) is 3.25. The maximum atomic E-state index is 12.8. The van der Waals surface area contributed by atoms with Gasteiger partial charge < -0.3 is 10.6 Å². The molecule has 0 spiro atoms. The van der Waals surface area contributed by atoms with Crippen LogP contribution in [0, 0.1) is 11.8 Å². The molecule has 4 nitrogen and oxygen atoms in total. The Morgan fingerprint density at radius 3 is 2.50 bits per heavy atom. The third-order valence-electron chi connectivity index (χ3n) is 5.92. The number of likely N-dealkylation sites (N-methyl/N-ethyl adjacent to an activating group) is 1. The zero-order valence-electron chi connectivity index (χ0n) is 14.5. The monoisotopic (exact) mass is 328 g/mol. The van der Waals surface area contributed by atoms with Crippen LogP contribution in [0.1, 0.15) is 50.5 Å². The number of carbonyl (C=O) groups excluding carboxylic acids is 2. The molecule has 1 amide bonds. The molecule has 2 bridgehead atoms. The van der Waals surface area contributed by atoms with Crippen molar-refractivity contribution in [1.82, 2.24) is 4.90 Å². The second-order valence-corrected chi connectivity index (χ2v) is 7.18. The number of carbonyl (C=O) groups is 2. The van der Waals surface area contributed by atoms with Gasteiger partial charge in [0.05, 0.1) is 6.54 Å². The van der Waals surface area contributed by atoms with Crippen LogP contribution in [-0.2, 0) is 9.59 Å². The first-order chi connectivity index (χ1) is 11.7. The van der Waals surface area contributed by atoms with E-state index in [0.717, 1.165) is 0 Å². The standard InChI is InChI=1S/C20H28N2O2/c1-2-22(18(24)11-10-17(23)13-21)20-16-9-8-15(12-16)19(20)14-6-4-3-5-7-14/h3-7,15-16,19-20H,2,8-13,21H2,1H3. The molecule has 2 fully saturated rings. The summed E-state index contributed by atoms with van der Waals surface area (Å²) in [7, 11) is 0. The van der Waals surface area contributed by atoms with Gasteiger partial charge in [0.15, 0.2) is 0 Å². The number of Topliss-reactive ketones (excluding diaryl/α,β-unsaturated/α-hetero) is 1. The first kappa shape index (κ1) is 17.2. The van der Waals surface area contributed by atoms with Gasteiger partial charge in [-0.1, -0.05) is 30.3 Å². The average molecular weight is 328 g/mol. The van der Waals surface area contributed by atoms with E-state index >= 15 is 0 Å². The highest BCUT2D eigenvalue weighted by atomic mass is 16.2. The minimum Gasteiger partial charge on any atom is -0.339 e. The smallest absolute Gasteiger partial charge is 0.223 e. The van der Waals surface area contributed by atoms with E-state index < -0.39 is 0 Å². The van der Waals surface area contributed by atoms with Crippen LogP contribution in [0.25, 0.3) is 0 Å². The Bertz CT molecular complexity index is 587. The molecular formula is C20H28N2O2. The summed E-state index contributed by atoms with van der Waals surface area (Å²) < 4.78 is 0. The Hall–Kier alpha value is -1.68. The van der Waals surface area contributed by atoms with Gasteiger partial charge >= 0.3 is 0 Å². The normalized spacial score (nSPS) is 28.1. The van der Waals surface area contributed by atoms with Crippen LogP contribution in [-0.4, -0.2) is 35.7 Å². The third-order valence-corrected chi connectivity index (χ3v) is 5.92. The number of nitrogens with two attached hydrogens (primary N) is 1. The second kappa shape index (κ2) is 7.47. The topological polar surface area (TPSA) is 63.4 Å². The molecule has 0 heterocycles. The highest BCUT2D eigenvalue weighted by Gasteiger charge is 2.50. The molecule has 0 radical (unpaired) electrons. The van der Waals surface area contributed by atoms with Crippen molar-refractivity contribution < 1.29 is 9.59 Å². The summed E-state index contributed by atoms with van der Waals surface area (Å²) >= 11 is 0. The van der Waals surface area contributed by atoms with Crippen LogP contribution in [0.4, 0.5) is 0 Å². The van der Waals surface area contributed by atoms with Crippen molar-refractivity contribution in [2.45, 2.75) is 51.0 Å². The molecule has 0 aromatic heterocycles. The van der Waals surface area contributed by atoms with E-state index in [1.165, 1.54) is 24.8 Å². The van der Waals surface area contributed by atoms with E-state index in [2.05, 4.69) is 31.2 Å². The summed E-state index contributed by atoms with van der Waals surface area (Å²) in [5.41, 5.74) is 6.72. The molecule has 1 aromatic carbocycles. The Balaban J connectivity index is 1.78. The Morgan fingerprint density at radius 2 is 1.83 bits per heavy atom. The van der Waals surface area contributed by atoms with E-state index in [-0.39, 0.29) is 30.7 Å². The highest BCUT2D eigenvalue weighted by molar-refractivity contribution is 5.86. The van der Waals surface area contributed by atoms with E-state index in [9.17, 15) is 9.59 Å². The van der Waals surface area contributed by atoms with Crippen LogP contribution in [0.3, 0.4) is 0 Å². The fourth-order valence-electron chi connectivity index (χ4n) is 4.90. The number of amides is 1. The second-order valence-electron chi connectivity index (χ2n) is 7.18. The summed E-state index contributed by atoms with van der Waals surface area (Å²) in [5.74, 6) is 1.81. The van der Waals surface area contributed by atoms with Gasteiger partial charge in [-0.05, 0) is 43.6 Å². The molecule has 0 saturated heterocycles. The molecule has 2 N–H and O–H groups in total. The maximum absolute atomic E-state index is 12.8. The molecule has 130 valence electrons. The summed E-state index contributed by atoms with van der Waals surface area (Å²) in [4.78, 5) is 26.3. The van der Waals surface area contributed by atoms with Crippen molar-refractivity contribution in [3.63, 3.8) is 0 Å². The number of hydrogen-bond donors (Lipinski definition) is 1. The SMILES string of the molecule is CCN(C(=O)CCC(=O)CN)C1C2CCC(C2)C1c1ccccc1. The van der Waals surface area contributed by atoms with Crippen LogP contribution in [0.15, 0.2) is 30.3 Å². The van der Waals surface area contributed by atoms with E-state index in [4.69, 9.17) is 5.73 Å². The molecule has 24 heavy (non-hydrogen) atoms. The van der Waals surface area contributed by atoms with Crippen molar-refractivity contribution >= 4 is 11.7 Å². The van der Waals surface area contributed by atoms with Gasteiger partial charge in [-0.25, -0.2) is 0 Å². The summed E-state index contributed by atoms with van der Waals surface area (Å²) in [5, 5.41) is 0. The van der Waals surface area contributed by atoms with Crippen molar-refractivity contribution in [2.24, 2.45) is 17.6 Å². The van der Waals surface area contributed by atoms with Gasteiger partial charge in [-0.2, -0.15) is 0 Å². The predicted molar refractivity (Wildman–Crippen MR) is 94.5 cm³/mol. The lowest BCUT2D eigenvalue weighted by molar-refractivity contribution is -0.136.